The lowest BCUT2D eigenvalue weighted by Crippen LogP contribution is -2.28. The van der Waals surface area contributed by atoms with Crippen molar-refractivity contribution in [3.63, 3.8) is 0 Å². The van der Waals surface area contributed by atoms with Crippen LogP contribution < -0.4 is 10.1 Å². The van der Waals surface area contributed by atoms with Crippen LogP contribution in [0.15, 0.2) is 60.0 Å². The Balaban J connectivity index is 1.46. The normalized spacial score (nSPS) is 10.7. The van der Waals surface area contributed by atoms with Gasteiger partial charge in [-0.15, -0.1) is 11.3 Å². The van der Waals surface area contributed by atoms with Crippen molar-refractivity contribution in [1.29, 1.82) is 0 Å². The molecule has 26 heavy (non-hydrogen) atoms. The largest absolute Gasteiger partial charge is 0.484 e. The molecule has 0 aliphatic rings. The van der Waals surface area contributed by atoms with Gasteiger partial charge in [0.05, 0.1) is 12.2 Å². The summed E-state index contributed by atoms with van der Waals surface area (Å²) in [4.78, 5) is 16.5. The molecule has 0 bridgehead atoms. The Bertz CT molecular complexity index is 842. The molecule has 1 N–H and O–H groups in total. The molecule has 0 atom stereocenters. The first kappa shape index (κ1) is 18.1. The fourth-order valence-corrected chi connectivity index (χ4v) is 3.27. The van der Waals surface area contributed by atoms with Gasteiger partial charge in [-0.1, -0.05) is 56.3 Å². The van der Waals surface area contributed by atoms with E-state index >= 15 is 0 Å². The van der Waals surface area contributed by atoms with Crippen molar-refractivity contribution in [2.45, 2.75) is 26.3 Å². The van der Waals surface area contributed by atoms with Gasteiger partial charge in [-0.05, 0) is 23.6 Å². The van der Waals surface area contributed by atoms with E-state index in [1.54, 1.807) is 11.3 Å². The van der Waals surface area contributed by atoms with E-state index in [2.05, 4.69) is 24.1 Å². The lowest BCUT2D eigenvalue weighted by Gasteiger charge is -2.09. The van der Waals surface area contributed by atoms with E-state index in [0.717, 1.165) is 16.3 Å². The van der Waals surface area contributed by atoms with Gasteiger partial charge >= 0.3 is 0 Å². The van der Waals surface area contributed by atoms with Crippen LogP contribution in [-0.2, 0) is 11.3 Å². The molecule has 1 amide bonds. The number of hydrogen-bond donors (Lipinski definition) is 1. The maximum atomic E-state index is 12.0. The van der Waals surface area contributed by atoms with E-state index in [0.29, 0.717) is 18.2 Å². The minimum Gasteiger partial charge on any atom is -0.484 e. The molecular weight excluding hydrogens is 344 g/mol. The van der Waals surface area contributed by atoms with E-state index < -0.39 is 0 Å². The summed E-state index contributed by atoms with van der Waals surface area (Å²) in [6, 6.07) is 17.9. The molecule has 0 fully saturated rings. The average molecular weight is 366 g/mol. The molecule has 0 unspecified atom stereocenters. The Morgan fingerprint density at radius 2 is 1.85 bits per heavy atom. The number of carbonyl (C=O) groups is 1. The molecule has 5 heteroatoms. The van der Waals surface area contributed by atoms with Gasteiger partial charge in [-0.3, -0.25) is 4.79 Å². The van der Waals surface area contributed by atoms with E-state index in [4.69, 9.17) is 4.74 Å². The second-order valence-electron chi connectivity index (χ2n) is 6.30. The number of aromatic nitrogens is 1. The molecule has 2 aromatic carbocycles. The number of ether oxygens (including phenoxy) is 1. The lowest BCUT2D eigenvalue weighted by atomic mass is 10.0. The highest BCUT2D eigenvalue weighted by Gasteiger charge is 2.07. The maximum Gasteiger partial charge on any atom is 0.258 e. The molecule has 3 rings (SSSR count). The Hall–Kier alpha value is -2.66. The van der Waals surface area contributed by atoms with Gasteiger partial charge in [0.2, 0.25) is 0 Å². The SMILES string of the molecule is CC(C)c1ccc(OCC(=O)NCc2csc(-c3ccccc3)n2)cc1. The van der Waals surface area contributed by atoms with Crippen molar-refractivity contribution in [2.75, 3.05) is 6.61 Å². The zero-order valence-corrected chi connectivity index (χ0v) is 15.8. The molecule has 0 saturated carbocycles. The van der Waals surface area contributed by atoms with Crippen LogP contribution in [0.1, 0.15) is 31.0 Å². The Morgan fingerprint density at radius 3 is 2.54 bits per heavy atom. The van der Waals surface area contributed by atoms with E-state index in [1.165, 1.54) is 5.56 Å². The number of nitrogens with zero attached hydrogens (tertiary/aromatic N) is 1. The number of thiazole rings is 1. The standard InChI is InChI=1S/C21H22N2O2S/c1-15(2)16-8-10-19(11-9-16)25-13-20(24)22-12-18-14-26-21(23-18)17-6-4-3-5-7-17/h3-11,14-15H,12-13H2,1-2H3,(H,22,24). The summed E-state index contributed by atoms with van der Waals surface area (Å²) < 4.78 is 5.54. The first-order chi connectivity index (χ1) is 12.6. The second kappa shape index (κ2) is 8.63. The summed E-state index contributed by atoms with van der Waals surface area (Å²) in [5.74, 6) is 1.02. The first-order valence-electron chi connectivity index (χ1n) is 8.61. The van der Waals surface area contributed by atoms with Gasteiger partial charge in [0.1, 0.15) is 10.8 Å². The van der Waals surface area contributed by atoms with Gasteiger partial charge < -0.3 is 10.1 Å². The zero-order valence-electron chi connectivity index (χ0n) is 14.9. The van der Waals surface area contributed by atoms with Crippen LogP contribution in [0.2, 0.25) is 0 Å². The van der Waals surface area contributed by atoms with Crippen LogP contribution in [0.25, 0.3) is 10.6 Å². The molecule has 1 heterocycles. The van der Waals surface area contributed by atoms with E-state index in [1.807, 2.05) is 60.0 Å². The molecule has 0 spiro atoms. The van der Waals surface area contributed by atoms with E-state index in [9.17, 15) is 4.79 Å². The van der Waals surface area contributed by atoms with Crippen LogP contribution in [0, 0.1) is 0 Å². The maximum absolute atomic E-state index is 12.0. The van der Waals surface area contributed by atoms with Crippen molar-refractivity contribution < 1.29 is 9.53 Å². The minimum absolute atomic E-state index is 0.00327. The van der Waals surface area contributed by atoms with Crippen LogP contribution in [-0.4, -0.2) is 17.5 Å². The number of amides is 1. The molecule has 0 saturated heterocycles. The Labute approximate surface area is 157 Å². The van der Waals surface area contributed by atoms with Crippen LogP contribution in [0.4, 0.5) is 0 Å². The van der Waals surface area contributed by atoms with Crippen LogP contribution in [0.5, 0.6) is 5.75 Å². The number of carbonyl (C=O) groups excluding carboxylic acids is 1. The topological polar surface area (TPSA) is 51.2 Å². The van der Waals surface area contributed by atoms with Gasteiger partial charge in [0, 0.05) is 10.9 Å². The molecule has 4 nitrogen and oxygen atoms in total. The molecule has 0 aliphatic heterocycles. The highest BCUT2D eigenvalue weighted by molar-refractivity contribution is 7.13. The van der Waals surface area contributed by atoms with Crippen molar-refractivity contribution in [3.8, 4) is 16.3 Å². The number of benzene rings is 2. The molecule has 3 aromatic rings. The Morgan fingerprint density at radius 1 is 1.12 bits per heavy atom. The smallest absolute Gasteiger partial charge is 0.258 e. The molecular formula is C21H22N2O2S. The number of nitrogens with one attached hydrogen (secondary N) is 1. The number of rotatable bonds is 7. The van der Waals surface area contributed by atoms with Gasteiger partial charge in [0.25, 0.3) is 5.91 Å². The third-order valence-corrected chi connectivity index (χ3v) is 4.90. The summed E-state index contributed by atoms with van der Waals surface area (Å²) in [6.07, 6.45) is 0. The predicted molar refractivity (Wildman–Crippen MR) is 105 cm³/mol. The predicted octanol–water partition coefficient (Wildman–Crippen LogP) is 4.63. The van der Waals surface area contributed by atoms with Crippen molar-refractivity contribution in [1.82, 2.24) is 10.3 Å². The second-order valence-corrected chi connectivity index (χ2v) is 7.16. The first-order valence-corrected chi connectivity index (χ1v) is 9.49. The minimum atomic E-state index is -0.160. The van der Waals surface area contributed by atoms with Crippen molar-refractivity contribution >= 4 is 17.2 Å². The monoisotopic (exact) mass is 366 g/mol. The fourth-order valence-electron chi connectivity index (χ4n) is 2.44. The summed E-state index contributed by atoms with van der Waals surface area (Å²) in [5, 5.41) is 5.77. The summed E-state index contributed by atoms with van der Waals surface area (Å²) in [7, 11) is 0. The molecule has 0 radical (unpaired) electrons. The van der Waals surface area contributed by atoms with Crippen molar-refractivity contribution in [3.05, 3.63) is 71.2 Å². The Kier molecular flexibility index (Phi) is 6.02. The fraction of sp³-hybridized carbons (Fsp3) is 0.238. The lowest BCUT2D eigenvalue weighted by molar-refractivity contribution is -0.123. The molecule has 1 aromatic heterocycles. The number of hydrogen-bond acceptors (Lipinski definition) is 4. The summed E-state index contributed by atoms with van der Waals surface area (Å²) in [6.45, 7) is 4.69. The van der Waals surface area contributed by atoms with E-state index in [-0.39, 0.29) is 12.5 Å². The van der Waals surface area contributed by atoms with Crippen LogP contribution in [0.3, 0.4) is 0 Å². The summed E-state index contributed by atoms with van der Waals surface area (Å²) >= 11 is 1.57. The third kappa shape index (κ3) is 4.92. The van der Waals surface area contributed by atoms with Gasteiger partial charge in [0.15, 0.2) is 6.61 Å². The zero-order chi connectivity index (χ0) is 18.4. The molecule has 134 valence electrons. The molecule has 0 aliphatic carbocycles. The van der Waals surface area contributed by atoms with Gasteiger partial charge in [-0.2, -0.15) is 0 Å². The van der Waals surface area contributed by atoms with Crippen LogP contribution >= 0.6 is 11.3 Å². The van der Waals surface area contributed by atoms with Crippen molar-refractivity contribution in [2.24, 2.45) is 0 Å². The quantitative estimate of drug-likeness (QED) is 0.663. The summed E-state index contributed by atoms with van der Waals surface area (Å²) in [5.41, 5.74) is 3.19. The van der Waals surface area contributed by atoms with Gasteiger partial charge in [-0.25, -0.2) is 4.98 Å². The highest BCUT2D eigenvalue weighted by Crippen LogP contribution is 2.23. The average Bonchev–Trinajstić information content (AvgIpc) is 3.15. The third-order valence-electron chi connectivity index (χ3n) is 3.96. The highest BCUT2D eigenvalue weighted by atomic mass is 32.1.